The Labute approximate surface area is 124 Å². The summed E-state index contributed by atoms with van der Waals surface area (Å²) in [5.41, 5.74) is 1.09. The Morgan fingerprint density at radius 3 is 2.90 bits per heavy atom. The van der Waals surface area contributed by atoms with Gasteiger partial charge in [-0.25, -0.2) is 14.6 Å². The standard InChI is InChI=1S/C12H15N3O3S2/c16-10(17)8-5-19-6-15(8)12(18)14-11-13-7-3-1-2-4-9(7)20-11/h8H,1-6H2,(H,16,17)(H,13,14,18)/t8-/m0/s1. The van der Waals surface area contributed by atoms with Crippen molar-refractivity contribution in [3.63, 3.8) is 0 Å². The molecule has 1 aliphatic heterocycles. The van der Waals surface area contributed by atoms with Crippen molar-refractivity contribution in [3.05, 3.63) is 10.6 Å². The van der Waals surface area contributed by atoms with Gasteiger partial charge in [0.05, 0.1) is 11.6 Å². The van der Waals surface area contributed by atoms with E-state index in [0.29, 0.717) is 16.8 Å². The number of fused-ring (bicyclic) bond motifs is 1. The van der Waals surface area contributed by atoms with Gasteiger partial charge in [0.15, 0.2) is 5.13 Å². The zero-order chi connectivity index (χ0) is 14.1. The van der Waals surface area contributed by atoms with E-state index < -0.39 is 12.0 Å². The van der Waals surface area contributed by atoms with Gasteiger partial charge in [-0.3, -0.25) is 5.32 Å². The lowest BCUT2D eigenvalue weighted by molar-refractivity contribution is -0.140. The largest absolute Gasteiger partial charge is 0.480 e. The summed E-state index contributed by atoms with van der Waals surface area (Å²) in [4.78, 5) is 30.3. The van der Waals surface area contributed by atoms with E-state index >= 15 is 0 Å². The molecule has 2 N–H and O–H groups in total. The molecule has 0 aromatic carbocycles. The molecule has 1 saturated heterocycles. The molecular formula is C12H15N3O3S2. The molecule has 0 unspecified atom stereocenters. The molecule has 2 aliphatic rings. The Hall–Kier alpha value is -1.28. The molecule has 6 nitrogen and oxygen atoms in total. The summed E-state index contributed by atoms with van der Waals surface area (Å²) < 4.78 is 0. The van der Waals surface area contributed by atoms with Crippen molar-refractivity contribution >= 4 is 40.2 Å². The number of carbonyl (C=O) groups excluding carboxylic acids is 1. The number of aryl methyl sites for hydroxylation is 2. The van der Waals surface area contributed by atoms with Gasteiger partial charge in [0.1, 0.15) is 6.04 Å². The van der Waals surface area contributed by atoms with Crippen LogP contribution in [0, 0.1) is 0 Å². The van der Waals surface area contributed by atoms with Crippen LogP contribution in [0.25, 0.3) is 0 Å². The minimum absolute atomic E-state index is 0.367. The average molecular weight is 313 g/mol. The summed E-state index contributed by atoms with van der Waals surface area (Å²) in [5, 5.41) is 12.4. The molecule has 20 heavy (non-hydrogen) atoms. The highest BCUT2D eigenvalue weighted by molar-refractivity contribution is 7.99. The average Bonchev–Trinajstić information content (AvgIpc) is 3.04. The SMILES string of the molecule is O=C(O)[C@@H]1CSCN1C(=O)Nc1nc2c(s1)CCCC2. The number of carboxylic acids is 1. The van der Waals surface area contributed by atoms with Crippen molar-refractivity contribution in [1.82, 2.24) is 9.88 Å². The topological polar surface area (TPSA) is 82.5 Å². The molecule has 0 spiro atoms. The maximum absolute atomic E-state index is 12.1. The number of anilines is 1. The van der Waals surface area contributed by atoms with Crippen LogP contribution in [0.3, 0.4) is 0 Å². The van der Waals surface area contributed by atoms with Crippen LogP contribution in [0.15, 0.2) is 0 Å². The second-order valence-electron chi connectivity index (χ2n) is 4.85. The van der Waals surface area contributed by atoms with Crippen LogP contribution in [-0.2, 0) is 17.6 Å². The summed E-state index contributed by atoms with van der Waals surface area (Å²) >= 11 is 2.96. The zero-order valence-electron chi connectivity index (χ0n) is 10.8. The van der Waals surface area contributed by atoms with Crippen molar-refractivity contribution in [2.24, 2.45) is 0 Å². The van der Waals surface area contributed by atoms with Gasteiger partial charge in [0.25, 0.3) is 0 Å². The highest BCUT2D eigenvalue weighted by Crippen LogP contribution is 2.30. The highest BCUT2D eigenvalue weighted by Gasteiger charge is 2.35. The van der Waals surface area contributed by atoms with Crippen molar-refractivity contribution in [2.45, 2.75) is 31.7 Å². The summed E-state index contributed by atoms with van der Waals surface area (Å²) in [6, 6.07) is -1.11. The fourth-order valence-corrected chi connectivity index (χ4v) is 4.60. The van der Waals surface area contributed by atoms with Crippen LogP contribution in [0.1, 0.15) is 23.4 Å². The summed E-state index contributed by atoms with van der Waals surface area (Å²) in [5.74, 6) is -0.103. The molecule has 1 aromatic rings. The number of carbonyl (C=O) groups is 2. The van der Waals surface area contributed by atoms with Gasteiger partial charge in [0.2, 0.25) is 0 Å². The third-order valence-corrected chi connectivity index (χ3v) is 5.57. The van der Waals surface area contributed by atoms with Crippen molar-refractivity contribution < 1.29 is 14.7 Å². The number of aliphatic carboxylic acids is 1. The third kappa shape index (κ3) is 2.62. The van der Waals surface area contributed by atoms with E-state index in [-0.39, 0.29) is 6.03 Å². The number of hydrogen-bond acceptors (Lipinski definition) is 5. The number of urea groups is 1. The monoisotopic (exact) mass is 313 g/mol. The fourth-order valence-electron chi connectivity index (χ4n) is 2.42. The number of thiazole rings is 1. The number of nitrogens with one attached hydrogen (secondary N) is 1. The second kappa shape index (κ2) is 5.61. The molecule has 0 radical (unpaired) electrons. The van der Waals surface area contributed by atoms with E-state index in [1.165, 1.54) is 39.3 Å². The maximum atomic E-state index is 12.1. The first-order chi connectivity index (χ1) is 9.65. The predicted octanol–water partition coefficient (Wildman–Crippen LogP) is 2.01. The number of amides is 2. The molecule has 0 saturated carbocycles. The molecule has 1 atom stereocenters. The summed E-state index contributed by atoms with van der Waals surface area (Å²) in [6.07, 6.45) is 4.32. The Bertz CT molecular complexity index is 523. The van der Waals surface area contributed by atoms with Crippen molar-refractivity contribution in [1.29, 1.82) is 0 Å². The number of aromatic nitrogens is 1. The first kappa shape index (κ1) is 13.7. The van der Waals surface area contributed by atoms with E-state index in [1.807, 2.05) is 0 Å². The minimum atomic E-state index is -0.955. The predicted molar refractivity (Wildman–Crippen MR) is 78.4 cm³/mol. The smallest absolute Gasteiger partial charge is 0.327 e. The van der Waals surface area contributed by atoms with Gasteiger partial charge in [-0.15, -0.1) is 23.1 Å². The third-order valence-electron chi connectivity index (χ3n) is 3.49. The number of nitrogens with zero attached hydrogens (tertiary/aromatic N) is 2. The van der Waals surface area contributed by atoms with Crippen LogP contribution in [-0.4, -0.2) is 44.7 Å². The quantitative estimate of drug-likeness (QED) is 0.873. The normalized spacial score (nSPS) is 21.6. The van der Waals surface area contributed by atoms with Crippen LogP contribution in [0.5, 0.6) is 0 Å². The molecule has 8 heteroatoms. The maximum Gasteiger partial charge on any atom is 0.327 e. The van der Waals surface area contributed by atoms with E-state index in [1.54, 1.807) is 0 Å². The molecule has 3 rings (SSSR count). The van der Waals surface area contributed by atoms with E-state index in [2.05, 4.69) is 10.3 Å². The number of carboxylic acid groups (broad SMARTS) is 1. The number of rotatable bonds is 2. The molecule has 2 heterocycles. The van der Waals surface area contributed by atoms with E-state index in [4.69, 9.17) is 5.11 Å². The van der Waals surface area contributed by atoms with Crippen LogP contribution >= 0.6 is 23.1 Å². The number of hydrogen-bond donors (Lipinski definition) is 2. The highest BCUT2D eigenvalue weighted by atomic mass is 32.2. The Morgan fingerprint density at radius 2 is 2.15 bits per heavy atom. The summed E-state index contributed by atoms with van der Waals surface area (Å²) in [7, 11) is 0. The fraction of sp³-hybridized carbons (Fsp3) is 0.583. The second-order valence-corrected chi connectivity index (χ2v) is 6.93. The molecule has 108 valence electrons. The lowest BCUT2D eigenvalue weighted by atomic mass is 10.0. The van der Waals surface area contributed by atoms with Crippen LogP contribution in [0.2, 0.25) is 0 Å². The Kier molecular flexibility index (Phi) is 3.84. The van der Waals surface area contributed by atoms with Gasteiger partial charge in [-0.1, -0.05) is 0 Å². The van der Waals surface area contributed by atoms with Crippen molar-refractivity contribution in [2.75, 3.05) is 16.9 Å². The first-order valence-corrected chi connectivity index (χ1v) is 8.49. The molecule has 1 fully saturated rings. The van der Waals surface area contributed by atoms with Gasteiger partial charge in [0, 0.05) is 10.6 Å². The molecule has 0 bridgehead atoms. The molecule has 1 aromatic heterocycles. The van der Waals surface area contributed by atoms with Gasteiger partial charge in [-0.2, -0.15) is 0 Å². The minimum Gasteiger partial charge on any atom is -0.480 e. The Balaban J connectivity index is 1.69. The van der Waals surface area contributed by atoms with Crippen LogP contribution in [0.4, 0.5) is 9.93 Å². The van der Waals surface area contributed by atoms with E-state index in [0.717, 1.165) is 25.0 Å². The lowest BCUT2D eigenvalue weighted by Gasteiger charge is -2.19. The molecule has 2 amide bonds. The van der Waals surface area contributed by atoms with Gasteiger partial charge >= 0.3 is 12.0 Å². The van der Waals surface area contributed by atoms with Gasteiger partial charge < -0.3 is 10.0 Å². The van der Waals surface area contributed by atoms with E-state index in [9.17, 15) is 9.59 Å². The molecular weight excluding hydrogens is 298 g/mol. The zero-order valence-corrected chi connectivity index (χ0v) is 12.4. The summed E-state index contributed by atoms with van der Waals surface area (Å²) in [6.45, 7) is 0. The lowest BCUT2D eigenvalue weighted by Crippen LogP contribution is -2.43. The first-order valence-electron chi connectivity index (χ1n) is 6.52. The number of thioether (sulfide) groups is 1. The van der Waals surface area contributed by atoms with Gasteiger partial charge in [-0.05, 0) is 25.7 Å². The Morgan fingerprint density at radius 1 is 1.35 bits per heavy atom. The van der Waals surface area contributed by atoms with Crippen LogP contribution < -0.4 is 5.32 Å². The molecule has 1 aliphatic carbocycles. The van der Waals surface area contributed by atoms with Crippen molar-refractivity contribution in [3.8, 4) is 0 Å².